The van der Waals surface area contributed by atoms with Gasteiger partial charge in [-0.25, -0.2) is 3.63 Å². The zero-order valence-corrected chi connectivity index (χ0v) is 23.0. The molecule has 0 bridgehead atoms. The van der Waals surface area contributed by atoms with Crippen molar-refractivity contribution in [3.63, 3.8) is 0 Å². The van der Waals surface area contributed by atoms with Crippen molar-refractivity contribution in [3.05, 3.63) is 129 Å². The lowest BCUT2D eigenvalue weighted by atomic mass is 9.87. The number of hydrogen-bond acceptors (Lipinski definition) is 7. The summed E-state index contributed by atoms with van der Waals surface area (Å²) < 4.78 is 34.0. The average molecular weight is 567 g/mol. The highest BCUT2D eigenvalue weighted by Crippen LogP contribution is 2.70. The minimum Gasteiger partial charge on any atom is -0.258 e. The predicted octanol–water partition coefficient (Wildman–Crippen LogP) is 7.40. The van der Waals surface area contributed by atoms with Crippen LogP contribution in [0.4, 0.5) is 11.4 Å². The van der Waals surface area contributed by atoms with Crippen molar-refractivity contribution in [1.29, 1.82) is 0 Å². The van der Waals surface area contributed by atoms with Crippen LogP contribution >= 0.6 is 10.3 Å². The van der Waals surface area contributed by atoms with E-state index < -0.39 is 46.5 Å². The van der Waals surface area contributed by atoms with Gasteiger partial charge < -0.3 is 0 Å². The Kier molecular flexibility index (Phi) is 7.60. The first-order chi connectivity index (χ1) is 18.3. The summed E-state index contributed by atoms with van der Waals surface area (Å²) in [6.07, 6.45) is 0. The van der Waals surface area contributed by atoms with Crippen LogP contribution in [-0.2, 0) is 19.2 Å². The highest BCUT2D eigenvalue weighted by molar-refractivity contribution is 8.33. The Bertz CT molecular complexity index is 1550. The lowest BCUT2D eigenvalue weighted by Crippen LogP contribution is -2.16. The Balaban J connectivity index is 2.02. The molecule has 0 aliphatic rings. The van der Waals surface area contributed by atoms with Crippen LogP contribution in [0.15, 0.2) is 123 Å². The van der Waals surface area contributed by atoms with Gasteiger partial charge in [-0.05, 0) is 57.7 Å². The minimum absolute atomic E-state index is 0.162. The van der Waals surface area contributed by atoms with E-state index in [1.807, 2.05) is 24.3 Å². The van der Waals surface area contributed by atoms with Crippen molar-refractivity contribution >= 4 is 31.8 Å². The lowest BCUT2D eigenvalue weighted by Gasteiger charge is -2.39. The molecule has 0 aliphatic carbocycles. The zero-order chi connectivity index (χ0) is 28.4. The molecule has 9 nitrogen and oxygen atoms in total. The van der Waals surface area contributed by atoms with Crippen molar-refractivity contribution in [3.8, 4) is 0 Å². The van der Waals surface area contributed by atoms with Gasteiger partial charge >= 0.3 is 10.1 Å². The fourth-order valence-electron chi connectivity index (χ4n) is 3.99. The van der Waals surface area contributed by atoms with E-state index in [-0.39, 0.29) is 5.41 Å². The van der Waals surface area contributed by atoms with E-state index in [0.717, 1.165) is 17.7 Å². The number of non-ortho nitro benzene ring substituents is 2. The monoisotopic (exact) mass is 566 g/mol. The van der Waals surface area contributed by atoms with Crippen LogP contribution < -0.4 is 0 Å². The molecule has 0 unspecified atom stereocenters. The fraction of sp³-hybridized carbons (Fsp3) is 0.143. The second-order valence-corrected chi connectivity index (χ2v) is 14.1. The van der Waals surface area contributed by atoms with Crippen LogP contribution in [0, 0.1) is 20.2 Å². The molecular formula is C28H26N2O7S2. The van der Waals surface area contributed by atoms with Gasteiger partial charge in [0.1, 0.15) is 4.90 Å². The average Bonchev–Trinajstić information content (AvgIpc) is 2.92. The van der Waals surface area contributed by atoms with Crippen molar-refractivity contribution in [2.45, 2.75) is 45.8 Å². The maximum Gasteiger partial charge on any atom is 0.307 e. The normalized spacial score (nSPS) is 12.6. The SMILES string of the molecule is CC(C)(C)c1ccc(S(OS(=O)(=O)c2cc([N+](=O)[O-])cc([N+](=O)[O-])c2)(c2ccccc2)c2ccccc2)cc1. The number of nitrogens with zero attached hydrogens (tertiary/aromatic N) is 2. The molecule has 39 heavy (non-hydrogen) atoms. The Labute approximate surface area is 228 Å². The second-order valence-electron chi connectivity index (χ2n) is 9.68. The topological polar surface area (TPSA) is 130 Å². The molecule has 4 aromatic rings. The van der Waals surface area contributed by atoms with Crippen molar-refractivity contribution in [1.82, 2.24) is 0 Å². The summed E-state index contributed by atoms with van der Waals surface area (Å²) in [5.74, 6) is 0. The van der Waals surface area contributed by atoms with Gasteiger partial charge in [0.2, 0.25) is 0 Å². The van der Waals surface area contributed by atoms with E-state index in [2.05, 4.69) is 20.8 Å². The van der Waals surface area contributed by atoms with Crippen LogP contribution in [0.2, 0.25) is 0 Å². The Morgan fingerprint density at radius 2 is 1.03 bits per heavy atom. The van der Waals surface area contributed by atoms with E-state index in [1.165, 1.54) is 0 Å². The van der Waals surface area contributed by atoms with E-state index in [9.17, 15) is 28.6 Å². The largest absolute Gasteiger partial charge is 0.307 e. The maximum atomic E-state index is 13.9. The summed E-state index contributed by atoms with van der Waals surface area (Å²) in [7, 11) is -7.78. The van der Waals surface area contributed by atoms with E-state index in [0.29, 0.717) is 20.8 Å². The van der Waals surface area contributed by atoms with Crippen LogP contribution in [-0.4, -0.2) is 18.3 Å². The Hall–Kier alpha value is -4.06. The van der Waals surface area contributed by atoms with Gasteiger partial charge in [-0.3, -0.25) is 20.2 Å². The number of hydrogen-bond donors (Lipinski definition) is 0. The molecule has 0 spiro atoms. The smallest absolute Gasteiger partial charge is 0.258 e. The van der Waals surface area contributed by atoms with Gasteiger partial charge in [0, 0.05) is 26.8 Å². The summed E-state index contributed by atoms with van der Waals surface area (Å²) in [6.45, 7) is 6.19. The molecule has 4 aromatic carbocycles. The second kappa shape index (κ2) is 10.6. The number of benzene rings is 4. The third kappa shape index (κ3) is 5.70. The van der Waals surface area contributed by atoms with Crippen LogP contribution in [0.3, 0.4) is 0 Å². The molecule has 11 heteroatoms. The molecular weight excluding hydrogens is 540 g/mol. The molecule has 0 heterocycles. The third-order valence-electron chi connectivity index (χ3n) is 5.98. The van der Waals surface area contributed by atoms with Crippen molar-refractivity contribution in [2.24, 2.45) is 0 Å². The predicted molar refractivity (Wildman–Crippen MR) is 148 cm³/mol. The Morgan fingerprint density at radius 1 is 0.615 bits per heavy atom. The van der Waals surface area contributed by atoms with Gasteiger partial charge in [-0.2, -0.15) is 8.42 Å². The van der Waals surface area contributed by atoms with Crippen molar-refractivity contribution < 1.29 is 21.9 Å². The van der Waals surface area contributed by atoms with Gasteiger partial charge in [0.15, 0.2) is 0 Å². The highest BCUT2D eigenvalue weighted by Gasteiger charge is 2.39. The summed E-state index contributed by atoms with van der Waals surface area (Å²) >= 11 is 0. The highest BCUT2D eigenvalue weighted by atomic mass is 32.3. The molecule has 0 N–H and O–H groups in total. The first kappa shape index (κ1) is 28.0. The molecule has 4 rings (SSSR count). The molecule has 0 atom stereocenters. The third-order valence-corrected chi connectivity index (χ3v) is 11.1. The van der Waals surface area contributed by atoms with E-state index >= 15 is 0 Å². The summed E-state index contributed by atoms with van der Waals surface area (Å²) in [6, 6.07) is 27.4. The standard InChI is InChI=1S/C28H26N2O7S2/c1-28(2,3)21-14-16-26(17-15-21)38(24-10-6-4-7-11-24,25-12-8-5-9-13-25)37-39(35,36)27-19-22(29(31)32)18-23(20-27)30(33)34/h4-20H,1-3H3. The molecule has 0 saturated carbocycles. The molecule has 202 valence electrons. The number of rotatable bonds is 8. The van der Waals surface area contributed by atoms with Gasteiger partial charge in [0.25, 0.3) is 11.4 Å². The van der Waals surface area contributed by atoms with Crippen LogP contribution in [0.1, 0.15) is 26.3 Å². The molecule has 0 saturated heterocycles. The van der Waals surface area contributed by atoms with Crippen molar-refractivity contribution in [2.75, 3.05) is 0 Å². The van der Waals surface area contributed by atoms with Gasteiger partial charge in [-0.1, -0.05) is 69.3 Å². The molecule has 0 fully saturated rings. The molecule has 0 aliphatic heterocycles. The quantitative estimate of drug-likeness (QED) is 0.160. The fourth-order valence-corrected chi connectivity index (χ4v) is 9.27. The number of nitro groups is 2. The van der Waals surface area contributed by atoms with Gasteiger partial charge in [-0.15, -0.1) is 0 Å². The lowest BCUT2D eigenvalue weighted by molar-refractivity contribution is -0.394. The summed E-state index contributed by atoms with van der Waals surface area (Å²) in [5, 5.41) is 22.9. The molecule has 0 radical (unpaired) electrons. The first-order valence-corrected chi connectivity index (χ1v) is 14.8. The first-order valence-electron chi connectivity index (χ1n) is 11.8. The van der Waals surface area contributed by atoms with Gasteiger partial charge in [0.05, 0.1) is 15.9 Å². The summed E-state index contributed by atoms with van der Waals surface area (Å²) in [4.78, 5) is 22.2. The van der Waals surface area contributed by atoms with Crippen LogP contribution in [0.5, 0.6) is 0 Å². The van der Waals surface area contributed by atoms with E-state index in [4.69, 9.17) is 3.63 Å². The minimum atomic E-state index is -4.78. The molecule has 0 aromatic heterocycles. The molecule has 0 amide bonds. The maximum absolute atomic E-state index is 13.9. The van der Waals surface area contributed by atoms with E-state index in [1.54, 1.807) is 60.7 Å². The zero-order valence-electron chi connectivity index (χ0n) is 21.4. The number of nitro benzene ring substituents is 2. The Morgan fingerprint density at radius 3 is 1.41 bits per heavy atom. The summed E-state index contributed by atoms with van der Waals surface area (Å²) in [5.41, 5.74) is -0.607. The van der Waals surface area contributed by atoms with Crippen LogP contribution in [0.25, 0.3) is 0 Å².